The van der Waals surface area contributed by atoms with Gasteiger partial charge in [-0.2, -0.15) is 0 Å². The number of aliphatic hydroxyl groups excluding tert-OH is 1. The molecular formula is C27H37N5O6S. The Morgan fingerprint density at radius 3 is 2.56 bits per heavy atom. The fraction of sp³-hybridized carbons (Fsp3) is 0.481. The molecule has 1 aliphatic rings. The average Bonchev–Trinajstić information content (AvgIpc) is 3.50. The van der Waals surface area contributed by atoms with Gasteiger partial charge in [0.15, 0.2) is 5.95 Å². The molecule has 2 aromatic carbocycles. The third-order valence-electron chi connectivity index (χ3n) is 6.41. The Bertz CT molecular complexity index is 1370. The summed E-state index contributed by atoms with van der Waals surface area (Å²) in [4.78, 5) is 25.6. The largest absolute Gasteiger partial charge is 0.444 e. The number of carbonyl (C=O) groups excluding carboxylic acids is 1. The number of fused-ring (bicyclic) bond motifs is 1. The highest BCUT2D eigenvalue weighted by molar-refractivity contribution is 7.89. The third-order valence-corrected chi connectivity index (χ3v) is 8.03. The molecule has 1 saturated carbocycles. The summed E-state index contributed by atoms with van der Waals surface area (Å²) < 4.78 is 33.9. The molecule has 1 amide bonds. The molecule has 1 unspecified atom stereocenters. The van der Waals surface area contributed by atoms with E-state index in [1.54, 1.807) is 26.8 Å². The van der Waals surface area contributed by atoms with Gasteiger partial charge < -0.3 is 25.9 Å². The van der Waals surface area contributed by atoms with Crippen molar-refractivity contribution in [1.29, 1.82) is 0 Å². The zero-order valence-corrected chi connectivity index (χ0v) is 23.3. The molecule has 3 aromatic rings. The first-order valence-electron chi connectivity index (χ1n) is 13.1. The second-order valence-corrected chi connectivity index (χ2v) is 12.6. The molecule has 0 aliphatic heterocycles. The summed E-state index contributed by atoms with van der Waals surface area (Å²) in [7, 11) is -4.21. The van der Waals surface area contributed by atoms with Gasteiger partial charge >= 0.3 is 6.09 Å². The van der Waals surface area contributed by atoms with Crippen molar-refractivity contribution in [3.05, 3.63) is 54.1 Å². The molecule has 5 N–H and O–H groups in total. The fourth-order valence-electron chi connectivity index (χ4n) is 4.53. The predicted octanol–water partition coefficient (Wildman–Crippen LogP) is 3.51. The molecule has 0 bridgehead atoms. The van der Waals surface area contributed by atoms with Crippen LogP contribution < -0.4 is 11.1 Å². The maximum atomic E-state index is 13.8. The predicted molar refractivity (Wildman–Crippen MR) is 147 cm³/mol. The number of hydrogen-bond donors (Lipinski definition) is 4. The number of nitrogens with zero attached hydrogens (tertiary/aromatic N) is 2. The molecule has 1 heterocycles. The van der Waals surface area contributed by atoms with Gasteiger partial charge in [0.25, 0.3) is 10.0 Å². The van der Waals surface area contributed by atoms with Crippen LogP contribution in [0.15, 0.2) is 53.4 Å². The number of carbonyl (C=O) groups is 1. The van der Waals surface area contributed by atoms with E-state index in [9.17, 15) is 18.3 Å². The number of nitrogens with two attached hydrogens (primary N) is 1. The lowest BCUT2D eigenvalue weighted by molar-refractivity contribution is -0.145. The first-order chi connectivity index (χ1) is 18.4. The van der Waals surface area contributed by atoms with Crippen molar-refractivity contribution in [2.45, 2.75) is 81.6 Å². The first-order valence-corrected chi connectivity index (χ1v) is 14.5. The number of amides is 1. The molecule has 1 aliphatic carbocycles. The van der Waals surface area contributed by atoms with Crippen LogP contribution in [0.2, 0.25) is 0 Å². The Balaban J connectivity index is 1.61. The summed E-state index contributed by atoms with van der Waals surface area (Å²) in [6, 6.07) is 12.9. The number of nitrogen functional groups attached to an aromatic ring is 1. The zero-order valence-electron chi connectivity index (χ0n) is 22.5. The summed E-state index contributed by atoms with van der Waals surface area (Å²) in [5.41, 5.74) is 6.82. The lowest BCUT2D eigenvalue weighted by Crippen LogP contribution is -2.51. The second kappa shape index (κ2) is 11.9. The number of rotatable bonds is 10. The first kappa shape index (κ1) is 28.8. The summed E-state index contributed by atoms with van der Waals surface area (Å²) >= 11 is 0. The SMILES string of the molecule is CC(C)(C)OC(=O)N[C@H](Cc1ccccc1)C(O)CN(OC1CCCC1)S(=O)(=O)c1ccc2nc(N)[nH]c2c1. The van der Waals surface area contributed by atoms with Gasteiger partial charge in [0.2, 0.25) is 0 Å². The van der Waals surface area contributed by atoms with E-state index >= 15 is 0 Å². The van der Waals surface area contributed by atoms with Crippen LogP contribution in [0.3, 0.4) is 0 Å². The van der Waals surface area contributed by atoms with Crippen molar-refractivity contribution in [3.63, 3.8) is 0 Å². The number of ether oxygens (including phenoxy) is 1. The van der Waals surface area contributed by atoms with Gasteiger partial charge in [-0.15, -0.1) is 0 Å². The molecular weight excluding hydrogens is 522 g/mol. The highest BCUT2D eigenvalue weighted by Gasteiger charge is 2.35. The van der Waals surface area contributed by atoms with E-state index < -0.39 is 40.4 Å². The van der Waals surface area contributed by atoms with Crippen LogP contribution in [0, 0.1) is 0 Å². The summed E-state index contributed by atoms with van der Waals surface area (Å²) in [5, 5.41) is 14.1. The van der Waals surface area contributed by atoms with Gasteiger partial charge in [-0.3, -0.25) is 4.84 Å². The number of alkyl carbamates (subject to hydrolysis) is 1. The standard InChI is InChI=1S/C27H37N5O6S/c1-27(2,3)37-26(34)31-23(15-18-9-5-4-6-10-18)24(33)17-32(38-19-11-7-8-12-19)39(35,36)20-13-14-21-22(16-20)30-25(28)29-21/h4-6,9-10,13-14,16,19,23-24,33H,7-8,11-12,15,17H2,1-3H3,(H,31,34)(H3,28,29,30)/t23-,24?/m1/s1. The monoisotopic (exact) mass is 559 g/mol. The van der Waals surface area contributed by atoms with Gasteiger partial charge in [-0.1, -0.05) is 47.6 Å². The number of H-pyrrole nitrogens is 1. The second-order valence-electron chi connectivity index (χ2n) is 10.8. The molecule has 0 spiro atoms. The van der Waals surface area contributed by atoms with E-state index in [1.165, 1.54) is 12.1 Å². The van der Waals surface area contributed by atoms with Crippen molar-refractivity contribution in [3.8, 4) is 0 Å². The highest BCUT2D eigenvalue weighted by Crippen LogP contribution is 2.27. The van der Waals surface area contributed by atoms with Gasteiger partial charge in [-0.05, 0) is 63.8 Å². The van der Waals surface area contributed by atoms with Crippen LogP contribution in [0.5, 0.6) is 0 Å². The maximum absolute atomic E-state index is 13.8. The minimum atomic E-state index is -4.21. The number of hydroxylamine groups is 1. The van der Waals surface area contributed by atoms with E-state index in [0.717, 1.165) is 22.9 Å². The molecule has 212 valence electrons. The van der Waals surface area contributed by atoms with Gasteiger partial charge in [0.05, 0.1) is 40.7 Å². The van der Waals surface area contributed by atoms with Gasteiger partial charge in [0.1, 0.15) is 5.60 Å². The Labute approximate surface area is 228 Å². The topological polar surface area (TPSA) is 160 Å². The number of sulfonamides is 1. The normalized spacial score (nSPS) is 16.4. The molecule has 2 atom stereocenters. The number of nitrogens with one attached hydrogen (secondary N) is 2. The number of anilines is 1. The number of aromatic nitrogens is 2. The smallest absolute Gasteiger partial charge is 0.407 e. The molecule has 39 heavy (non-hydrogen) atoms. The minimum absolute atomic E-state index is 0.0384. The summed E-state index contributed by atoms with van der Waals surface area (Å²) in [6.45, 7) is 4.81. The van der Waals surface area contributed by atoms with Crippen molar-refractivity contribution >= 4 is 33.1 Å². The molecule has 4 rings (SSSR count). The van der Waals surface area contributed by atoms with Crippen LogP contribution >= 0.6 is 0 Å². The highest BCUT2D eigenvalue weighted by atomic mass is 32.2. The van der Waals surface area contributed by atoms with E-state index in [2.05, 4.69) is 15.3 Å². The van der Waals surface area contributed by atoms with E-state index in [1.807, 2.05) is 30.3 Å². The summed E-state index contributed by atoms with van der Waals surface area (Å²) in [6.07, 6.45) is 1.19. The number of imidazole rings is 1. The van der Waals surface area contributed by atoms with Crippen LogP contribution in [0.4, 0.5) is 10.7 Å². The van der Waals surface area contributed by atoms with Crippen LogP contribution in [-0.4, -0.2) is 64.4 Å². The van der Waals surface area contributed by atoms with Crippen LogP contribution in [0.25, 0.3) is 11.0 Å². The number of aromatic amines is 1. The quantitative estimate of drug-likeness (QED) is 0.275. The van der Waals surface area contributed by atoms with Gasteiger partial charge in [0, 0.05) is 0 Å². The maximum Gasteiger partial charge on any atom is 0.407 e. The van der Waals surface area contributed by atoms with Crippen molar-refractivity contribution in [2.24, 2.45) is 0 Å². The summed E-state index contributed by atoms with van der Waals surface area (Å²) in [5.74, 6) is 0.172. The average molecular weight is 560 g/mol. The third kappa shape index (κ3) is 7.69. The zero-order chi connectivity index (χ0) is 28.2. The van der Waals surface area contributed by atoms with Gasteiger partial charge in [-0.25, -0.2) is 18.2 Å². The van der Waals surface area contributed by atoms with Crippen molar-refractivity contribution in [1.82, 2.24) is 19.8 Å². The van der Waals surface area contributed by atoms with E-state index in [4.69, 9.17) is 15.3 Å². The molecule has 0 saturated heterocycles. The Kier molecular flexibility index (Phi) is 8.80. The van der Waals surface area contributed by atoms with Crippen molar-refractivity contribution < 1.29 is 27.9 Å². The molecule has 11 nitrogen and oxygen atoms in total. The van der Waals surface area contributed by atoms with Crippen LogP contribution in [-0.2, 0) is 26.0 Å². The lowest BCUT2D eigenvalue weighted by Gasteiger charge is -2.31. The Morgan fingerprint density at radius 2 is 1.90 bits per heavy atom. The molecule has 1 fully saturated rings. The number of aliphatic hydroxyl groups is 1. The molecule has 12 heteroatoms. The lowest BCUT2D eigenvalue weighted by atomic mass is 10.0. The van der Waals surface area contributed by atoms with Crippen LogP contribution in [0.1, 0.15) is 52.0 Å². The fourth-order valence-corrected chi connectivity index (χ4v) is 5.86. The van der Waals surface area contributed by atoms with E-state index in [-0.39, 0.29) is 23.4 Å². The number of benzene rings is 2. The minimum Gasteiger partial charge on any atom is -0.444 e. The number of hydrogen-bond acceptors (Lipinski definition) is 8. The molecule has 0 radical (unpaired) electrons. The molecule has 1 aromatic heterocycles. The van der Waals surface area contributed by atoms with Crippen molar-refractivity contribution in [2.75, 3.05) is 12.3 Å². The van der Waals surface area contributed by atoms with E-state index in [0.29, 0.717) is 23.9 Å². The Hall–Kier alpha value is -3.19. The Morgan fingerprint density at radius 1 is 1.21 bits per heavy atom.